The monoisotopic (exact) mass is 321 g/mol. The summed E-state index contributed by atoms with van der Waals surface area (Å²) in [6, 6.07) is 4.91. The van der Waals surface area contributed by atoms with Crippen LogP contribution in [0.3, 0.4) is 0 Å². The van der Waals surface area contributed by atoms with Gasteiger partial charge in [-0.15, -0.1) is 0 Å². The van der Waals surface area contributed by atoms with E-state index in [1.54, 1.807) is 12.1 Å². The zero-order valence-corrected chi connectivity index (χ0v) is 11.8. The maximum atomic E-state index is 11.7. The number of hydrogen-bond acceptors (Lipinski definition) is 4. The number of carbonyl (C=O) groups excluding carboxylic acids is 1. The van der Waals surface area contributed by atoms with Crippen LogP contribution in [0.25, 0.3) is 0 Å². The minimum absolute atomic E-state index is 0.183. The second kappa shape index (κ2) is 5.50. The number of halogens is 1. The van der Waals surface area contributed by atoms with Gasteiger partial charge in [-0.25, -0.2) is 13.1 Å². The Bertz CT molecular complexity index is 527. The van der Waals surface area contributed by atoms with E-state index in [1.165, 1.54) is 13.2 Å². The summed E-state index contributed by atoms with van der Waals surface area (Å²) < 4.78 is 28.9. The van der Waals surface area contributed by atoms with Gasteiger partial charge in [-0.3, -0.25) is 4.79 Å². The number of methoxy groups -OCH3 is 1. The van der Waals surface area contributed by atoms with Gasteiger partial charge in [0.2, 0.25) is 10.0 Å². The lowest BCUT2D eigenvalue weighted by atomic mass is 10.1. The lowest BCUT2D eigenvalue weighted by Crippen LogP contribution is -2.29. The predicted molar refractivity (Wildman–Crippen MR) is 67.9 cm³/mol. The summed E-state index contributed by atoms with van der Waals surface area (Å²) >= 11 is 3.28. The Balaban J connectivity index is 3.09. The van der Waals surface area contributed by atoms with Gasteiger partial charge in [-0.1, -0.05) is 22.0 Å². The van der Waals surface area contributed by atoms with Crippen molar-refractivity contribution in [3.8, 4) is 5.75 Å². The molecule has 1 rings (SSSR count). The second-order valence-corrected chi connectivity index (χ2v) is 5.68. The van der Waals surface area contributed by atoms with E-state index in [4.69, 9.17) is 4.74 Å². The Morgan fingerprint density at radius 3 is 2.59 bits per heavy atom. The SMILES string of the molecule is COc1cc(CBr)ccc1C(=O)NS(C)(=O)=O. The molecule has 17 heavy (non-hydrogen) atoms. The number of amides is 1. The largest absolute Gasteiger partial charge is 0.496 e. The Morgan fingerprint density at radius 2 is 2.12 bits per heavy atom. The van der Waals surface area contributed by atoms with Crippen molar-refractivity contribution in [1.82, 2.24) is 4.72 Å². The third-order valence-corrected chi connectivity index (χ3v) is 3.15. The van der Waals surface area contributed by atoms with Gasteiger partial charge in [0.05, 0.1) is 18.9 Å². The molecule has 0 bridgehead atoms. The van der Waals surface area contributed by atoms with Crippen LogP contribution in [0.2, 0.25) is 0 Å². The van der Waals surface area contributed by atoms with Crippen LogP contribution < -0.4 is 9.46 Å². The number of alkyl halides is 1. The molecule has 0 aromatic heterocycles. The number of nitrogens with one attached hydrogen (secondary N) is 1. The Morgan fingerprint density at radius 1 is 1.47 bits per heavy atom. The normalized spacial score (nSPS) is 11.0. The standard InChI is InChI=1S/C10H12BrNO4S/c1-16-9-5-7(6-11)3-4-8(9)10(13)12-17(2,14)15/h3-5H,6H2,1-2H3,(H,12,13). The van der Waals surface area contributed by atoms with Crippen molar-refractivity contribution in [2.75, 3.05) is 13.4 Å². The lowest BCUT2D eigenvalue weighted by molar-refractivity contribution is 0.0978. The molecule has 7 heteroatoms. The Kier molecular flexibility index (Phi) is 4.53. The first-order chi connectivity index (χ1) is 7.87. The summed E-state index contributed by atoms with van der Waals surface area (Å²) in [6.07, 6.45) is 0.921. The minimum atomic E-state index is -3.58. The van der Waals surface area contributed by atoms with Crippen molar-refractivity contribution in [3.63, 3.8) is 0 Å². The summed E-state index contributed by atoms with van der Waals surface area (Å²) in [5.74, 6) is -0.367. The molecule has 0 atom stereocenters. The highest BCUT2D eigenvalue weighted by Gasteiger charge is 2.16. The van der Waals surface area contributed by atoms with Crippen LogP contribution in [0.15, 0.2) is 18.2 Å². The molecule has 1 N–H and O–H groups in total. The fourth-order valence-corrected chi connectivity index (χ4v) is 2.03. The maximum Gasteiger partial charge on any atom is 0.268 e. The van der Waals surface area contributed by atoms with Gasteiger partial charge in [-0.2, -0.15) is 0 Å². The van der Waals surface area contributed by atoms with Gasteiger partial charge in [0.1, 0.15) is 5.75 Å². The molecule has 1 aromatic carbocycles. The molecule has 0 aliphatic carbocycles. The topological polar surface area (TPSA) is 72.5 Å². The first-order valence-electron chi connectivity index (χ1n) is 4.62. The lowest BCUT2D eigenvalue weighted by Gasteiger charge is -2.09. The Hall–Kier alpha value is -1.08. The van der Waals surface area contributed by atoms with Gasteiger partial charge in [0, 0.05) is 5.33 Å². The maximum absolute atomic E-state index is 11.7. The molecule has 0 fully saturated rings. The van der Waals surface area contributed by atoms with E-state index in [1.807, 2.05) is 4.72 Å². The number of sulfonamides is 1. The average Bonchev–Trinajstić information content (AvgIpc) is 2.25. The van der Waals surface area contributed by atoms with Gasteiger partial charge in [-0.05, 0) is 17.7 Å². The third kappa shape index (κ3) is 4.01. The van der Waals surface area contributed by atoms with Crippen LogP contribution in [0, 0.1) is 0 Å². The van der Waals surface area contributed by atoms with Gasteiger partial charge in [0.15, 0.2) is 0 Å². The van der Waals surface area contributed by atoms with E-state index >= 15 is 0 Å². The molecule has 0 unspecified atom stereocenters. The summed E-state index contributed by atoms with van der Waals surface area (Å²) in [7, 11) is -2.16. The van der Waals surface area contributed by atoms with E-state index in [0.29, 0.717) is 11.1 Å². The van der Waals surface area contributed by atoms with E-state index in [-0.39, 0.29) is 5.56 Å². The van der Waals surface area contributed by atoms with Gasteiger partial charge >= 0.3 is 0 Å². The van der Waals surface area contributed by atoms with Crippen molar-refractivity contribution in [2.24, 2.45) is 0 Å². The van der Waals surface area contributed by atoms with Crippen molar-refractivity contribution < 1.29 is 17.9 Å². The van der Waals surface area contributed by atoms with E-state index in [2.05, 4.69) is 15.9 Å². The van der Waals surface area contributed by atoms with Crippen LogP contribution in [-0.4, -0.2) is 27.7 Å². The molecule has 0 saturated heterocycles. The highest BCUT2D eigenvalue weighted by Crippen LogP contribution is 2.21. The molecule has 5 nitrogen and oxygen atoms in total. The van der Waals surface area contributed by atoms with Crippen LogP contribution in [0.5, 0.6) is 5.75 Å². The number of benzene rings is 1. The summed E-state index contributed by atoms with van der Waals surface area (Å²) in [5.41, 5.74) is 1.11. The molecule has 0 radical (unpaired) electrons. The second-order valence-electron chi connectivity index (χ2n) is 3.37. The van der Waals surface area contributed by atoms with E-state index in [9.17, 15) is 13.2 Å². The molecular formula is C10H12BrNO4S. The van der Waals surface area contributed by atoms with Gasteiger partial charge in [0.25, 0.3) is 5.91 Å². The van der Waals surface area contributed by atoms with Crippen LogP contribution >= 0.6 is 15.9 Å². The molecular weight excluding hydrogens is 310 g/mol. The van der Waals surface area contributed by atoms with E-state index in [0.717, 1.165) is 11.8 Å². The minimum Gasteiger partial charge on any atom is -0.496 e. The number of ether oxygens (including phenoxy) is 1. The van der Waals surface area contributed by atoms with Crippen molar-refractivity contribution in [3.05, 3.63) is 29.3 Å². The molecule has 0 saturated carbocycles. The molecule has 1 aromatic rings. The highest BCUT2D eigenvalue weighted by atomic mass is 79.9. The number of rotatable bonds is 4. The van der Waals surface area contributed by atoms with Crippen molar-refractivity contribution in [2.45, 2.75) is 5.33 Å². The zero-order valence-electron chi connectivity index (χ0n) is 9.36. The summed E-state index contributed by atoms with van der Waals surface area (Å²) in [5, 5.41) is 0.622. The van der Waals surface area contributed by atoms with Gasteiger partial charge < -0.3 is 4.74 Å². The van der Waals surface area contributed by atoms with E-state index < -0.39 is 15.9 Å². The molecule has 0 aliphatic heterocycles. The van der Waals surface area contributed by atoms with Crippen molar-refractivity contribution in [1.29, 1.82) is 0 Å². The smallest absolute Gasteiger partial charge is 0.268 e. The highest BCUT2D eigenvalue weighted by molar-refractivity contribution is 9.08. The fourth-order valence-electron chi connectivity index (χ4n) is 1.23. The average molecular weight is 322 g/mol. The van der Waals surface area contributed by atoms with Crippen LogP contribution in [0.4, 0.5) is 0 Å². The third-order valence-electron chi connectivity index (χ3n) is 1.94. The molecule has 0 heterocycles. The number of hydrogen-bond donors (Lipinski definition) is 1. The quantitative estimate of drug-likeness (QED) is 0.848. The van der Waals surface area contributed by atoms with Crippen molar-refractivity contribution >= 4 is 31.9 Å². The Labute approximate surface area is 108 Å². The zero-order chi connectivity index (χ0) is 13.1. The fraction of sp³-hybridized carbons (Fsp3) is 0.300. The molecule has 0 spiro atoms. The molecule has 1 amide bonds. The predicted octanol–water partition coefficient (Wildman–Crippen LogP) is 1.28. The first-order valence-corrected chi connectivity index (χ1v) is 7.63. The molecule has 0 aliphatic rings. The summed E-state index contributed by atoms with van der Waals surface area (Å²) in [4.78, 5) is 11.7. The van der Waals surface area contributed by atoms with Crippen LogP contribution in [0.1, 0.15) is 15.9 Å². The molecule has 94 valence electrons. The first kappa shape index (κ1) is 14.0. The van der Waals surface area contributed by atoms with Crippen LogP contribution in [-0.2, 0) is 15.4 Å². The summed E-state index contributed by atoms with van der Waals surface area (Å²) in [6.45, 7) is 0. The number of carbonyl (C=O) groups is 1.